The number of fused-ring (bicyclic) bond motifs is 1. The van der Waals surface area contributed by atoms with Crippen LogP contribution in [-0.2, 0) is 24.1 Å². The molecule has 3 heteroatoms. The van der Waals surface area contributed by atoms with Gasteiger partial charge in [0.15, 0.2) is 6.10 Å². The minimum absolute atomic E-state index is 0.0252. The number of hydrogen-bond acceptors (Lipinski definition) is 2. The summed E-state index contributed by atoms with van der Waals surface area (Å²) < 4.78 is 5.96. The van der Waals surface area contributed by atoms with Gasteiger partial charge in [-0.15, -0.1) is 0 Å². The number of rotatable bonds is 7. The van der Waals surface area contributed by atoms with Gasteiger partial charge in [0, 0.05) is 0 Å². The largest absolute Gasteiger partial charge is 0.481 e. The molecular weight excluding hydrogens is 334 g/mol. The Hall–Kier alpha value is -2.29. The molecule has 1 amide bonds. The van der Waals surface area contributed by atoms with Crippen molar-refractivity contribution in [1.82, 2.24) is 5.32 Å². The fourth-order valence-corrected chi connectivity index (χ4v) is 3.84. The first-order chi connectivity index (χ1) is 13.1. The van der Waals surface area contributed by atoms with Gasteiger partial charge in [-0.2, -0.15) is 0 Å². The van der Waals surface area contributed by atoms with E-state index in [9.17, 15) is 4.79 Å². The van der Waals surface area contributed by atoms with Crippen molar-refractivity contribution in [2.75, 3.05) is 0 Å². The molecule has 0 aliphatic heterocycles. The molecule has 3 nitrogen and oxygen atoms in total. The molecule has 1 aliphatic rings. The number of hydrogen-bond donors (Lipinski definition) is 1. The highest BCUT2D eigenvalue weighted by Gasteiger charge is 2.21. The van der Waals surface area contributed by atoms with Crippen molar-refractivity contribution in [2.45, 2.75) is 71.4 Å². The van der Waals surface area contributed by atoms with Crippen molar-refractivity contribution in [3.05, 3.63) is 64.7 Å². The maximum Gasteiger partial charge on any atom is 0.261 e. The number of ether oxygens (including phenoxy) is 1. The van der Waals surface area contributed by atoms with Crippen LogP contribution in [0.1, 0.15) is 68.3 Å². The molecule has 0 spiro atoms. The summed E-state index contributed by atoms with van der Waals surface area (Å²) in [6, 6.07) is 14.7. The van der Waals surface area contributed by atoms with Gasteiger partial charge in [-0.05, 0) is 73.8 Å². The van der Waals surface area contributed by atoms with E-state index in [4.69, 9.17) is 4.74 Å². The number of benzene rings is 2. The average Bonchev–Trinajstić information content (AvgIpc) is 2.71. The summed E-state index contributed by atoms with van der Waals surface area (Å²) in [6.07, 6.45) is 6.11. The minimum atomic E-state index is -0.524. The maximum absolute atomic E-state index is 12.7. The number of amides is 1. The van der Waals surface area contributed by atoms with E-state index >= 15 is 0 Å². The summed E-state index contributed by atoms with van der Waals surface area (Å²) in [7, 11) is 0. The number of aryl methyl sites for hydroxylation is 3. The molecule has 2 aromatic carbocycles. The molecule has 1 aliphatic carbocycles. The molecule has 1 N–H and O–H groups in total. The van der Waals surface area contributed by atoms with Gasteiger partial charge in [-0.3, -0.25) is 4.79 Å². The summed E-state index contributed by atoms with van der Waals surface area (Å²) >= 11 is 0. The third-order valence-electron chi connectivity index (χ3n) is 5.53. The van der Waals surface area contributed by atoms with Gasteiger partial charge in [-0.1, -0.05) is 50.2 Å². The molecule has 0 heterocycles. The fraction of sp³-hybridized carbons (Fsp3) is 0.458. The smallest absolute Gasteiger partial charge is 0.261 e. The Morgan fingerprint density at radius 3 is 2.56 bits per heavy atom. The van der Waals surface area contributed by atoms with E-state index in [0.717, 1.165) is 30.6 Å². The Bertz CT molecular complexity index is 784. The molecule has 0 aromatic heterocycles. The van der Waals surface area contributed by atoms with Crippen molar-refractivity contribution in [1.29, 1.82) is 0 Å². The predicted octanol–water partition coefficient (Wildman–Crippen LogP) is 5.16. The molecular formula is C24H31NO2. The van der Waals surface area contributed by atoms with Gasteiger partial charge in [0.05, 0.1) is 6.04 Å². The third kappa shape index (κ3) is 4.71. The average molecular weight is 366 g/mol. The third-order valence-corrected chi connectivity index (χ3v) is 5.53. The molecule has 0 bridgehead atoms. The van der Waals surface area contributed by atoms with Crippen LogP contribution in [0.2, 0.25) is 0 Å². The van der Waals surface area contributed by atoms with Crippen LogP contribution in [0.15, 0.2) is 42.5 Å². The minimum Gasteiger partial charge on any atom is -0.481 e. The van der Waals surface area contributed by atoms with Gasteiger partial charge in [0.25, 0.3) is 5.91 Å². The van der Waals surface area contributed by atoms with Crippen molar-refractivity contribution in [3.63, 3.8) is 0 Å². The first kappa shape index (κ1) is 19.5. The van der Waals surface area contributed by atoms with Gasteiger partial charge in [-0.25, -0.2) is 0 Å². The maximum atomic E-state index is 12.7. The van der Waals surface area contributed by atoms with Crippen LogP contribution in [0.5, 0.6) is 5.75 Å². The monoisotopic (exact) mass is 365 g/mol. The van der Waals surface area contributed by atoms with Gasteiger partial charge in [0.2, 0.25) is 0 Å². The molecule has 3 rings (SSSR count). The van der Waals surface area contributed by atoms with Crippen molar-refractivity contribution >= 4 is 5.91 Å². The van der Waals surface area contributed by atoms with E-state index in [1.165, 1.54) is 36.0 Å². The fourth-order valence-electron chi connectivity index (χ4n) is 3.84. The van der Waals surface area contributed by atoms with E-state index in [1.54, 1.807) is 0 Å². The molecule has 0 fully saturated rings. The van der Waals surface area contributed by atoms with Gasteiger partial charge >= 0.3 is 0 Å². The number of para-hydroxylation sites is 1. The topological polar surface area (TPSA) is 38.3 Å². The molecule has 144 valence electrons. The lowest BCUT2D eigenvalue weighted by Gasteiger charge is -2.24. The molecule has 0 saturated carbocycles. The molecule has 0 saturated heterocycles. The van der Waals surface area contributed by atoms with E-state index in [-0.39, 0.29) is 11.9 Å². The highest BCUT2D eigenvalue weighted by Crippen LogP contribution is 2.26. The summed E-state index contributed by atoms with van der Waals surface area (Å²) in [5.74, 6) is 0.731. The predicted molar refractivity (Wildman–Crippen MR) is 110 cm³/mol. The lowest BCUT2D eigenvalue weighted by molar-refractivity contribution is -0.128. The highest BCUT2D eigenvalue weighted by atomic mass is 16.5. The zero-order chi connectivity index (χ0) is 19.2. The van der Waals surface area contributed by atoms with E-state index < -0.39 is 6.10 Å². The Balaban J connectivity index is 1.67. The molecule has 0 unspecified atom stereocenters. The second kappa shape index (κ2) is 9.07. The van der Waals surface area contributed by atoms with Crippen LogP contribution in [0.4, 0.5) is 0 Å². The van der Waals surface area contributed by atoms with Crippen molar-refractivity contribution in [2.24, 2.45) is 0 Å². The van der Waals surface area contributed by atoms with Gasteiger partial charge < -0.3 is 10.1 Å². The normalized spacial score (nSPS) is 15.5. The van der Waals surface area contributed by atoms with Crippen LogP contribution in [-0.4, -0.2) is 12.0 Å². The van der Waals surface area contributed by atoms with Crippen molar-refractivity contribution in [3.8, 4) is 5.75 Å². The Morgan fingerprint density at radius 1 is 1.07 bits per heavy atom. The summed E-state index contributed by atoms with van der Waals surface area (Å²) in [6.45, 7) is 6.03. The summed E-state index contributed by atoms with van der Waals surface area (Å²) in [5.41, 5.74) is 5.25. The second-order valence-electron chi connectivity index (χ2n) is 7.43. The molecule has 27 heavy (non-hydrogen) atoms. The molecule has 2 aromatic rings. The van der Waals surface area contributed by atoms with Crippen molar-refractivity contribution < 1.29 is 9.53 Å². The number of nitrogens with one attached hydrogen (secondary N) is 1. The second-order valence-corrected chi connectivity index (χ2v) is 7.43. The Morgan fingerprint density at radius 2 is 1.81 bits per heavy atom. The first-order valence-corrected chi connectivity index (χ1v) is 10.3. The van der Waals surface area contributed by atoms with E-state index in [1.807, 2.05) is 31.2 Å². The zero-order valence-electron chi connectivity index (χ0n) is 16.8. The number of carbonyl (C=O) groups excluding carboxylic acids is 1. The van der Waals surface area contributed by atoms with Crippen LogP contribution in [0, 0.1) is 0 Å². The van der Waals surface area contributed by atoms with Crippen LogP contribution in [0.25, 0.3) is 0 Å². The number of carbonyl (C=O) groups is 1. The highest BCUT2D eigenvalue weighted by molar-refractivity contribution is 5.81. The summed E-state index contributed by atoms with van der Waals surface area (Å²) in [4.78, 5) is 12.7. The lowest BCUT2D eigenvalue weighted by atomic mass is 9.89. The molecule has 0 radical (unpaired) electrons. The summed E-state index contributed by atoms with van der Waals surface area (Å²) in [5, 5.41) is 3.18. The van der Waals surface area contributed by atoms with E-state index in [0.29, 0.717) is 0 Å². The van der Waals surface area contributed by atoms with E-state index in [2.05, 4.69) is 37.4 Å². The SMILES string of the molecule is CCc1ccccc1O[C@H](C)C(=O)N[C@@H](CC)c1ccc2c(c1)CCCC2. The van der Waals surface area contributed by atoms with Crippen LogP contribution < -0.4 is 10.1 Å². The first-order valence-electron chi connectivity index (χ1n) is 10.3. The zero-order valence-corrected chi connectivity index (χ0v) is 16.8. The molecule has 2 atom stereocenters. The Labute approximate surface area is 163 Å². The lowest BCUT2D eigenvalue weighted by Crippen LogP contribution is -2.38. The standard InChI is InChI=1S/C24H31NO2/c1-4-18-10-8-9-13-23(18)27-17(3)24(26)25-22(5-2)21-15-14-19-11-6-7-12-20(19)16-21/h8-10,13-17,22H,4-7,11-12H2,1-3H3,(H,25,26)/t17-,22+/m1/s1. The van der Waals surface area contributed by atoms with Crippen LogP contribution in [0.3, 0.4) is 0 Å². The quantitative estimate of drug-likeness (QED) is 0.736. The van der Waals surface area contributed by atoms with Gasteiger partial charge in [0.1, 0.15) is 5.75 Å². The Kier molecular flexibility index (Phi) is 6.54. The van der Waals surface area contributed by atoms with Crippen LogP contribution >= 0.6 is 0 Å².